The third kappa shape index (κ3) is 4.36. The first-order valence-corrected chi connectivity index (χ1v) is 8.13. The molecule has 0 aliphatic carbocycles. The molecular formula is C19H21ClN2O2. The van der Waals surface area contributed by atoms with E-state index in [1.807, 2.05) is 38.1 Å². The van der Waals surface area contributed by atoms with Gasteiger partial charge < -0.3 is 10.2 Å². The molecule has 0 aliphatic rings. The van der Waals surface area contributed by atoms with Gasteiger partial charge in [-0.2, -0.15) is 0 Å². The van der Waals surface area contributed by atoms with Crippen molar-refractivity contribution in [1.29, 1.82) is 0 Å². The number of nitrogens with one attached hydrogen (secondary N) is 1. The van der Waals surface area contributed by atoms with Gasteiger partial charge in [0.05, 0.1) is 12.6 Å². The predicted molar refractivity (Wildman–Crippen MR) is 96.1 cm³/mol. The molecule has 24 heavy (non-hydrogen) atoms. The van der Waals surface area contributed by atoms with E-state index in [-0.39, 0.29) is 24.4 Å². The van der Waals surface area contributed by atoms with E-state index in [4.69, 9.17) is 11.6 Å². The highest BCUT2D eigenvalue weighted by molar-refractivity contribution is 6.30. The quantitative estimate of drug-likeness (QED) is 0.901. The molecule has 1 atom stereocenters. The zero-order valence-electron chi connectivity index (χ0n) is 14.0. The van der Waals surface area contributed by atoms with Crippen LogP contribution >= 0.6 is 11.6 Å². The van der Waals surface area contributed by atoms with Crippen molar-refractivity contribution in [3.63, 3.8) is 0 Å². The van der Waals surface area contributed by atoms with Crippen molar-refractivity contribution >= 4 is 23.4 Å². The summed E-state index contributed by atoms with van der Waals surface area (Å²) in [5.41, 5.74) is 2.45. The molecule has 2 rings (SSSR count). The van der Waals surface area contributed by atoms with Gasteiger partial charge >= 0.3 is 0 Å². The number of likely N-dealkylation sites (N-methyl/N-ethyl adjacent to an activating group) is 1. The van der Waals surface area contributed by atoms with Crippen LogP contribution in [0.1, 0.15) is 34.5 Å². The molecule has 0 heterocycles. The summed E-state index contributed by atoms with van der Waals surface area (Å²) in [6, 6.07) is 14.6. The third-order valence-electron chi connectivity index (χ3n) is 4.12. The third-order valence-corrected chi connectivity index (χ3v) is 4.37. The normalized spacial score (nSPS) is 11.7. The summed E-state index contributed by atoms with van der Waals surface area (Å²) < 4.78 is 0. The maximum Gasteiger partial charge on any atom is 0.251 e. The Morgan fingerprint density at radius 1 is 1.12 bits per heavy atom. The first-order chi connectivity index (χ1) is 11.4. The molecule has 0 saturated heterocycles. The van der Waals surface area contributed by atoms with E-state index in [2.05, 4.69) is 5.32 Å². The Labute approximate surface area is 147 Å². The summed E-state index contributed by atoms with van der Waals surface area (Å²) in [5, 5.41) is 3.34. The van der Waals surface area contributed by atoms with E-state index in [0.717, 1.165) is 11.1 Å². The van der Waals surface area contributed by atoms with Gasteiger partial charge in [-0.05, 0) is 43.2 Å². The maximum atomic E-state index is 12.3. The molecular weight excluding hydrogens is 324 g/mol. The smallest absolute Gasteiger partial charge is 0.251 e. The molecule has 2 aromatic carbocycles. The number of hydrogen-bond acceptors (Lipinski definition) is 2. The fraction of sp³-hybridized carbons (Fsp3) is 0.263. The van der Waals surface area contributed by atoms with Crippen LogP contribution < -0.4 is 5.32 Å². The number of rotatable bonds is 5. The maximum absolute atomic E-state index is 12.3. The molecule has 0 fully saturated rings. The van der Waals surface area contributed by atoms with Crippen LogP contribution in [-0.2, 0) is 4.79 Å². The second-order valence-corrected chi connectivity index (χ2v) is 6.17. The van der Waals surface area contributed by atoms with Gasteiger partial charge in [-0.3, -0.25) is 9.59 Å². The largest absolute Gasteiger partial charge is 0.343 e. The fourth-order valence-corrected chi connectivity index (χ4v) is 2.51. The Hall–Kier alpha value is -2.33. The topological polar surface area (TPSA) is 49.4 Å². The molecule has 0 aliphatic heterocycles. The molecule has 0 spiro atoms. The Balaban J connectivity index is 1.95. The molecule has 1 N–H and O–H groups in total. The van der Waals surface area contributed by atoms with Gasteiger partial charge in [0.2, 0.25) is 5.91 Å². The summed E-state index contributed by atoms with van der Waals surface area (Å²) in [5.74, 6) is -0.395. The van der Waals surface area contributed by atoms with Gasteiger partial charge in [0.25, 0.3) is 5.91 Å². The van der Waals surface area contributed by atoms with Crippen molar-refractivity contribution < 1.29 is 9.59 Å². The highest BCUT2D eigenvalue weighted by atomic mass is 35.5. The minimum atomic E-state index is -0.242. The second-order valence-electron chi connectivity index (χ2n) is 5.73. The van der Waals surface area contributed by atoms with Gasteiger partial charge in [0, 0.05) is 17.6 Å². The summed E-state index contributed by atoms with van der Waals surface area (Å²) in [4.78, 5) is 26.1. The van der Waals surface area contributed by atoms with E-state index in [9.17, 15) is 9.59 Å². The number of halogens is 1. The number of carbonyl (C=O) groups excluding carboxylic acids is 2. The van der Waals surface area contributed by atoms with Gasteiger partial charge in [0.1, 0.15) is 0 Å². The molecule has 4 nitrogen and oxygen atoms in total. The van der Waals surface area contributed by atoms with Crippen LogP contribution in [0.2, 0.25) is 5.02 Å². The lowest BCUT2D eigenvalue weighted by molar-refractivity contribution is -0.130. The first-order valence-electron chi connectivity index (χ1n) is 7.75. The SMILES string of the molecule is Cc1ccccc1C(=O)NCC(=O)N(C)C(C)c1ccc(Cl)cc1. The van der Waals surface area contributed by atoms with Gasteiger partial charge in [-0.15, -0.1) is 0 Å². The van der Waals surface area contributed by atoms with Crippen LogP contribution in [0.3, 0.4) is 0 Å². The number of hydrogen-bond donors (Lipinski definition) is 1. The minimum Gasteiger partial charge on any atom is -0.343 e. The summed E-state index contributed by atoms with van der Waals surface area (Å²) in [7, 11) is 1.72. The fourth-order valence-electron chi connectivity index (χ4n) is 2.38. The number of amides is 2. The zero-order chi connectivity index (χ0) is 17.7. The number of benzene rings is 2. The minimum absolute atomic E-state index is 0.0401. The van der Waals surface area contributed by atoms with Crippen LogP contribution in [0.15, 0.2) is 48.5 Å². The van der Waals surface area contributed by atoms with Crippen molar-refractivity contribution in [2.45, 2.75) is 19.9 Å². The number of aryl methyl sites for hydroxylation is 1. The molecule has 126 valence electrons. The van der Waals surface area contributed by atoms with Crippen molar-refractivity contribution in [2.75, 3.05) is 13.6 Å². The van der Waals surface area contributed by atoms with E-state index < -0.39 is 0 Å². The molecule has 2 aromatic rings. The summed E-state index contributed by atoms with van der Waals surface area (Å²) in [6.45, 7) is 3.76. The average Bonchev–Trinajstić information content (AvgIpc) is 2.59. The molecule has 0 radical (unpaired) electrons. The van der Waals surface area contributed by atoms with Crippen molar-refractivity contribution in [3.05, 3.63) is 70.2 Å². The molecule has 0 aromatic heterocycles. The molecule has 1 unspecified atom stereocenters. The standard InChI is InChI=1S/C19H21ClN2O2/c1-13-6-4-5-7-17(13)19(24)21-12-18(23)22(3)14(2)15-8-10-16(20)11-9-15/h4-11,14H,12H2,1-3H3,(H,21,24). The number of nitrogens with zero attached hydrogens (tertiary/aromatic N) is 1. The van der Waals surface area contributed by atoms with Crippen molar-refractivity contribution in [1.82, 2.24) is 10.2 Å². The van der Waals surface area contributed by atoms with Crippen molar-refractivity contribution in [3.8, 4) is 0 Å². The first kappa shape index (κ1) is 18.0. The van der Waals surface area contributed by atoms with Gasteiger partial charge in [0.15, 0.2) is 0 Å². The van der Waals surface area contributed by atoms with E-state index in [1.54, 1.807) is 36.2 Å². The van der Waals surface area contributed by atoms with E-state index >= 15 is 0 Å². The van der Waals surface area contributed by atoms with Crippen LogP contribution in [0.4, 0.5) is 0 Å². The van der Waals surface area contributed by atoms with Crippen LogP contribution in [0.5, 0.6) is 0 Å². The molecule has 0 saturated carbocycles. The summed E-state index contributed by atoms with van der Waals surface area (Å²) in [6.07, 6.45) is 0. The Kier molecular flexibility index (Phi) is 5.99. The average molecular weight is 345 g/mol. The monoisotopic (exact) mass is 344 g/mol. The molecule has 5 heteroatoms. The van der Waals surface area contributed by atoms with Crippen molar-refractivity contribution in [2.24, 2.45) is 0 Å². The summed E-state index contributed by atoms with van der Waals surface area (Å²) >= 11 is 5.89. The lowest BCUT2D eigenvalue weighted by atomic mass is 10.1. The highest BCUT2D eigenvalue weighted by Gasteiger charge is 2.18. The highest BCUT2D eigenvalue weighted by Crippen LogP contribution is 2.20. The zero-order valence-corrected chi connectivity index (χ0v) is 14.8. The van der Waals surface area contributed by atoms with Crippen LogP contribution in [-0.4, -0.2) is 30.3 Å². The second kappa shape index (κ2) is 7.97. The lowest BCUT2D eigenvalue weighted by Crippen LogP contribution is -2.39. The Bertz CT molecular complexity index is 728. The number of carbonyl (C=O) groups is 2. The Morgan fingerprint density at radius 2 is 1.75 bits per heavy atom. The molecule has 2 amide bonds. The van der Waals surface area contributed by atoms with E-state index in [0.29, 0.717) is 10.6 Å². The van der Waals surface area contributed by atoms with E-state index in [1.165, 1.54) is 0 Å². The predicted octanol–water partition coefficient (Wildman–Crippen LogP) is 3.60. The van der Waals surface area contributed by atoms with Crippen LogP contribution in [0, 0.1) is 6.92 Å². The molecule has 0 bridgehead atoms. The Morgan fingerprint density at radius 3 is 2.38 bits per heavy atom. The van der Waals surface area contributed by atoms with Gasteiger partial charge in [-0.1, -0.05) is 41.9 Å². The van der Waals surface area contributed by atoms with Crippen LogP contribution in [0.25, 0.3) is 0 Å². The van der Waals surface area contributed by atoms with Gasteiger partial charge in [-0.25, -0.2) is 0 Å². The lowest BCUT2D eigenvalue weighted by Gasteiger charge is -2.25.